The van der Waals surface area contributed by atoms with Crippen molar-refractivity contribution in [1.82, 2.24) is 5.32 Å². The van der Waals surface area contributed by atoms with Crippen molar-refractivity contribution in [2.45, 2.75) is 10.1 Å². The third-order valence-electron chi connectivity index (χ3n) is 6.98. The summed E-state index contributed by atoms with van der Waals surface area (Å²) in [5.74, 6) is 0.162. The number of methoxy groups -OCH3 is 2. The van der Waals surface area contributed by atoms with E-state index in [1.807, 2.05) is 48.5 Å². The zero-order valence-corrected chi connectivity index (χ0v) is 26.6. The van der Waals surface area contributed by atoms with E-state index >= 15 is 0 Å². The number of anilines is 2. The fourth-order valence-electron chi connectivity index (χ4n) is 4.60. The Morgan fingerprint density at radius 1 is 0.660 bits per heavy atom. The Kier molecular flexibility index (Phi) is 11.1. The number of benzene rings is 5. The van der Waals surface area contributed by atoms with Crippen LogP contribution in [0.25, 0.3) is 6.08 Å². The third kappa shape index (κ3) is 9.12. The summed E-state index contributed by atoms with van der Waals surface area (Å²) in [4.78, 5) is 41.0. The second-order valence-electron chi connectivity index (χ2n) is 10.3. The first-order valence-electron chi connectivity index (χ1n) is 14.7. The lowest BCUT2D eigenvalue weighted by atomic mass is 10.1. The van der Waals surface area contributed by atoms with E-state index in [-0.39, 0.29) is 11.6 Å². The minimum absolute atomic E-state index is 0.0474. The molecule has 0 aromatic heterocycles. The lowest BCUT2D eigenvalue weighted by Crippen LogP contribution is -2.30. The summed E-state index contributed by atoms with van der Waals surface area (Å²) >= 11 is 1.35. The SMILES string of the molecule is COc1ccc(NC(=O)C(Sc2cccc(NC(=O)/C(=C/c3cccc(OC)c3)NC(=O)c3ccccc3)c2)c2ccccc2)cc1. The number of nitrogens with one attached hydrogen (secondary N) is 3. The Labute approximate surface area is 277 Å². The standard InChI is InChI=1S/C38H33N3O5S/c1-45-31-21-19-29(20-22-31)39-38(44)35(27-12-5-3-6-13-27)47-33-18-10-16-30(25-33)40-37(43)34(24-26-11-9-17-32(23-26)46-2)41-36(42)28-14-7-4-8-15-28/h3-25,35H,1-2H3,(H,39,44)(H,40,43)(H,41,42)/b34-24-. The van der Waals surface area contributed by atoms with Gasteiger partial charge in [-0.1, -0.05) is 66.7 Å². The molecule has 1 unspecified atom stereocenters. The summed E-state index contributed by atoms with van der Waals surface area (Å²) in [7, 11) is 3.15. The minimum Gasteiger partial charge on any atom is -0.497 e. The molecule has 0 fully saturated rings. The first kappa shape index (κ1) is 32.6. The van der Waals surface area contributed by atoms with E-state index in [1.165, 1.54) is 11.8 Å². The topological polar surface area (TPSA) is 106 Å². The lowest BCUT2D eigenvalue weighted by molar-refractivity contribution is -0.116. The van der Waals surface area contributed by atoms with Crippen LogP contribution in [-0.4, -0.2) is 31.9 Å². The summed E-state index contributed by atoms with van der Waals surface area (Å²) in [5.41, 5.74) is 3.09. The minimum atomic E-state index is -0.585. The Hall–Kier alpha value is -5.80. The number of rotatable bonds is 12. The molecule has 236 valence electrons. The van der Waals surface area contributed by atoms with Gasteiger partial charge in [0.1, 0.15) is 22.4 Å². The second-order valence-corrected chi connectivity index (χ2v) is 11.4. The van der Waals surface area contributed by atoms with Crippen molar-refractivity contribution in [3.05, 3.63) is 156 Å². The Balaban J connectivity index is 1.37. The quantitative estimate of drug-likeness (QED) is 0.0956. The van der Waals surface area contributed by atoms with Crippen molar-refractivity contribution in [3.8, 4) is 11.5 Å². The molecule has 5 rings (SSSR count). The molecule has 0 bridgehead atoms. The summed E-state index contributed by atoms with van der Waals surface area (Å²) < 4.78 is 10.6. The van der Waals surface area contributed by atoms with Crippen molar-refractivity contribution in [3.63, 3.8) is 0 Å². The van der Waals surface area contributed by atoms with Crippen LogP contribution >= 0.6 is 11.8 Å². The zero-order chi connectivity index (χ0) is 33.0. The van der Waals surface area contributed by atoms with Gasteiger partial charge in [-0.05, 0) is 83.9 Å². The molecule has 3 N–H and O–H groups in total. The van der Waals surface area contributed by atoms with Crippen LogP contribution in [0.2, 0.25) is 0 Å². The van der Waals surface area contributed by atoms with Crippen LogP contribution in [0, 0.1) is 0 Å². The Bertz CT molecular complexity index is 1860. The van der Waals surface area contributed by atoms with E-state index in [0.29, 0.717) is 34.0 Å². The molecule has 47 heavy (non-hydrogen) atoms. The molecule has 1 atom stereocenters. The van der Waals surface area contributed by atoms with Crippen molar-refractivity contribution >= 4 is 46.9 Å². The summed E-state index contributed by atoms with van der Waals surface area (Å²) in [5, 5.41) is 8.07. The van der Waals surface area contributed by atoms with E-state index in [4.69, 9.17) is 9.47 Å². The normalized spacial score (nSPS) is 11.6. The zero-order valence-electron chi connectivity index (χ0n) is 25.8. The molecule has 0 saturated carbocycles. The van der Waals surface area contributed by atoms with Crippen LogP contribution < -0.4 is 25.4 Å². The van der Waals surface area contributed by atoms with E-state index in [2.05, 4.69) is 16.0 Å². The Morgan fingerprint density at radius 3 is 2.04 bits per heavy atom. The molecule has 0 aliphatic carbocycles. The van der Waals surface area contributed by atoms with E-state index in [1.54, 1.807) is 105 Å². The van der Waals surface area contributed by atoms with Gasteiger partial charge in [0.2, 0.25) is 5.91 Å². The van der Waals surface area contributed by atoms with Gasteiger partial charge in [0.15, 0.2) is 0 Å². The maximum Gasteiger partial charge on any atom is 0.272 e. The third-order valence-corrected chi connectivity index (χ3v) is 8.23. The smallest absolute Gasteiger partial charge is 0.272 e. The number of carbonyl (C=O) groups excluding carboxylic acids is 3. The van der Waals surface area contributed by atoms with Crippen molar-refractivity contribution in [2.24, 2.45) is 0 Å². The molecular weight excluding hydrogens is 611 g/mol. The number of carbonyl (C=O) groups is 3. The molecule has 0 aliphatic rings. The fourth-order valence-corrected chi connectivity index (χ4v) is 5.69. The Morgan fingerprint density at radius 2 is 1.34 bits per heavy atom. The van der Waals surface area contributed by atoms with Gasteiger partial charge in [-0.25, -0.2) is 0 Å². The first-order chi connectivity index (χ1) is 22.9. The van der Waals surface area contributed by atoms with Gasteiger partial charge in [-0.2, -0.15) is 0 Å². The largest absolute Gasteiger partial charge is 0.497 e. The highest BCUT2D eigenvalue weighted by atomic mass is 32.2. The number of ether oxygens (including phenoxy) is 2. The molecule has 8 nitrogen and oxygen atoms in total. The van der Waals surface area contributed by atoms with Gasteiger partial charge < -0.3 is 25.4 Å². The van der Waals surface area contributed by atoms with Gasteiger partial charge in [0, 0.05) is 21.8 Å². The molecule has 5 aromatic rings. The fraction of sp³-hybridized carbons (Fsp3) is 0.0789. The van der Waals surface area contributed by atoms with Gasteiger partial charge in [0.05, 0.1) is 14.2 Å². The highest BCUT2D eigenvalue weighted by Gasteiger charge is 2.23. The predicted octanol–water partition coefficient (Wildman–Crippen LogP) is 7.59. The van der Waals surface area contributed by atoms with Crippen molar-refractivity contribution in [1.29, 1.82) is 0 Å². The number of amides is 3. The van der Waals surface area contributed by atoms with Crippen LogP contribution in [0.3, 0.4) is 0 Å². The molecule has 0 spiro atoms. The maximum atomic E-state index is 13.6. The van der Waals surface area contributed by atoms with Crippen LogP contribution in [0.1, 0.15) is 26.7 Å². The van der Waals surface area contributed by atoms with Gasteiger partial charge in [0.25, 0.3) is 11.8 Å². The average Bonchev–Trinajstić information content (AvgIpc) is 3.11. The molecule has 0 saturated heterocycles. The summed E-state index contributed by atoms with van der Waals surface area (Å²) in [6.45, 7) is 0. The summed E-state index contributed by atoms with van der Waals surface area (Å²) in [6, 6.07) is 39.7. The molecular formula is C38H33N3O5S. The molecule has 5 aromatic carbocycles. The number of hydrogen-bond acceptors (Lipinski definition) is 6. The molecule has 0 aliphatic heterocycles. The number of thioether (sulfide) groups is 1. The van der Waals surface area contributed by atoms with Gasteiger partial charge >= 0.3 is 0 Å². The van der Waals surface area contributed by atoms with Crippen LogP contribution in [0.15, 0.2) is 144 Å². The first-order valence-corrected chi connectivity index (χ1v) is 15.6. The van der Waals surface area contributed by atoms with Crippen molar-refractivity contribution in [2.75, 3.05) is 24.9 Å². The second kappa shape index (κ2) is 16.0. The maximum absolute atomic E-state index is 13.6. The molecule has 0 heterocycles. The van der Waals surface area contributed by atoms with Gasteiger partial charge in [-0.15, -0.1) is 11.8 Å². The monoisotopic (exact) mass is 643 g/mol. The average molecular weight is 644 g/mol. The van der Waals surface area contributed by atoms with E-state index < -0.39 is 17.1 Å². The predicted molar refractivity (Wildman–Crippen MR) is 187 cm³/mol. The van der Waals surface area contributed by atoms with E-state index in [0.717, 1.165) is 10.5 Å². The highest BCUT2D eigenvalue weighted by Crippen LogP contribution is 2.37. The lowest BCUT2D eigenvalue weighted by Gasteiger charge is -2.18. The van der Waals surface area contributed by atoms with Crippen LogP contribution in [-0.2, 0) is 9.59 Å². The molecule has 9 heteroatoms. The van der Waals surface area contributed by atoms with E-state index in [9.17, 15) is 14.4 Å². The summed E-state index contributed by atoms with van der Waals surface area (Å²) in [6.07, 6.45) is 1.59. The molecule has 3 amide bonds. The van der Waals surface area contributed by atoms with Crippen molar-refractivity contribution < 1.29 is 23.9 Å². The number of hydrogen-bond donors (Lipinski definition) is 3. The van der Waals surface area contributed by atoms with Crippen LogP contribution in [0.5, 0.6) is 11.5 Å². The van der Waals surface area contributed by atoms with Gasteiger partial charge in [-0.3, -0.25) is 14.4 Å². The highest BCUT2D eigenvalue weighted by molar-refractivity contribution is 8.00. The molecule has 0 radical (unpaired) electrons. The van der Waals surface area contributed by atoms with Crippen LogP contribution in [0.4, 0.5) is 11.4 Å².